The van der Waals surface area contributed by atoms with Gasteiger partial charge in [-0.1, -0.05) is 6.42 Å². The molecule has 1 aromatic heterocycles. The molecule has 0 spiro atoms. The highest BCUT2D eigenvalue weighted by Gasteiger charge is 2.31. The van der Waals surface area contributed by atoms with Crippen molar-refractivity contribution in [3.05, 3.63) is 41.7 Å². The number of nitrogens with one attached hydrogen (secondary N) is 1. The number of piperidine rings is 1. The number of carbonyl (C=O) groups excluding carboxylic acids is 1. The van der Waals surface area contributed by atoms with Crippen LogP contribution in [0.1, 0.15) is 43.5 Å². The van der Waals surface area contributed by atoms with Crippen molar-refractivity contribution >= 4 is 11.6 Å². The average Bonchev–Trinajstić information content (AvgIpc) is 3.00. The second-order valence-corrected chi connectivity index (χ2v) is 7.64. The van der Waals surface area contributed by atoms with Gasteiger partial charge in [-0.05, 0) is 76.5 Å². The van der Waals surface area contributed by atoms with E-state index in [9.17, 15) is 18.0 Å². The molecule has 1 aliphatic heterocycles. The Kier molecular flexibility index (Phi) is 6.62. The first-order valence-corrected chi connectivity index (χ1v) is 9.98. The number of aromatic nitrogens is 2. The number of nitrogens with zero attached hydrogens (tertiary/aromatic N) is 3. The standard InChI is InChI=1S/C21H27F3N4O/c1-15-14-16(2)28(26-15)18-9-7-17(8-10-18)25-20(29)19-6-3-4-12-27(19)13-5-11-21(22,23)24/h7-10,14,19H,3-6,11-13H2,1-2H3,(H,25,29). The summed E-state index contributed by atoms with van der Waals surface area (Å²) in [5.74, 6) is -0.157. The van der Waals surface area contributed by atoms with Crippen LogP contribution in [0.25, 0.3) is 5.69 Å². The number of benzene rings is 1. The van der Waals surface area contributed by atoms with Gasteiger partial charge in [0, 0.05) is 17.8 Å². The van der Waals surface area contributed by atoms with Crippen molar-refractivity contribution in [2.45, 2.75) is 58.2 Å². The average molecular weight is 408 g/mol. The molecule has 1 aliphatic rings. The fourth-order valence-electron chi connectivity index (χ4n) is 3.84. The van der Waals surface area contributed by atoms with E-state index in [1.54, 1.807) is 0 Å². The lowest BCUT2D eigenvalue weighted by Gasteiger charge is -2.34. The summed E-state index contributed by atoms with van der Waals surface area (Å²) in [4.78, 5) is 14.6. The maximum absolute atomic E-state index is 12.8. The van der Waals surface area contributed by atoms with Crippen LogP contribution in [0, 0.1) is 13.8 Å². The predicted molar refractivity (Wildman–Crippen MR) is 106 cm³/mol. The van der Waals surface area contributed by atoms with E-state index in [-0.39, 0.29) is 24.9 Å². The van der Waals surface area contributed by atoms with E-state index in [0.29, 0.717) is 18.7 Å². The first-order valence-electron chi connectivity index (χ1n) is 9.98. The maximum atomic E-state index is 12.8. The second kappa shape index (κ2) is 8.98. The molecule has 158 valence electrons. The molecule has 0 radical (unpaired) electrons. The number of anilines is 1. The molecule has 0 aliphatic carbocycles. The zero-order chi connectivity index (χ0) is 21.0. The molecular weight excluding hydrogens is 381 g/mol. The van der Waals surface area contributed by atoms with Crippen LogP contribution in [0.4, 0.5) is 18.9 Å². The van der Waals surface area contributed by atoms with Gasteiger partial charge in [-0.2, -0.15) is 18.3 Å². The van der Waals surface area contributed by atoms with Gasteiger partial charge in [0.05, 0.1) is 17.4 Å². The Morgan fingerprint density at radius 3 is 2.55 bits per heavy atom. The lowest BCUT2D eigenvalue weighted by Crippen LogP contribution is -2.47. The number of hydrogen-bond acceptors (Lipinski definition) is 3. The summed E-state index contributed by atoms with van der Waals surface area (Å²) >= 11 is 0. The highest BCUT2D eigenvalue weighted by atomic mass is 19.4. The van der Waals surface area contributed by atoms with Gasteiger partial charge in [0.1, 0.15) is 0 Å². The number of amides is 1. The van der Waals surface area contributed by atoms with Gasteiger partial charge in [0.2, 0.25) is 5.91 Å². The summed E-state index contributed by atoms with van der Waals surface area (Å²) in [5, 5.41) is 7.36. The number of aryl methyl sites for hydroxylation is 2. The fourth-order valence-corrected chi connectivity index (χ4v) is 3.84. The first kappa shape index (κ1) is 21.4. The van der Waals surface area contributed by atoms with Crippen LogP contribution in [0.15, 0.2) is 30.3 Å². The van der Waals surface area contributed by atoms with E-state index < -0.39 is 12.6 Å². The van der Waals surface area contributed by atoms with E-state index in [1.165, 1.54) is 0 Å². The first-order chi connectivity index (χ1) is 13.7. The third-order valence-corrected chi connectivity index (χ3v) is 5.21. The van der Waals surface area contributed by atoms with Crippen molar-refractivity contribution < 1.29 is 18.0 Å². The summed E-state index contributed by atoms with van der Waals surface area (Å²) in [7, 11) is 0. The van der Waals surface area contributed by atoms with E-state index in [0.717, 1.165) is 29.9 Å². The molecule has 8 heteroatoms. The molecular formula is C21H27F3N4O. The van der Waals surface area contributed by atoms with Crippen LogP contribution >= 0.6 is 0 Å². The number of carbonyl (C=O) groups is 1. The lowest BCUT2D eigenvalue weighted by molar-refractivity contribution is -0.137. The second-order valence-electron chi connectivity index (χ2n) is 7.64. The molecule has 1 aromatic carbocycles. The Bertz CT molecular complexity index is 829. The number of halogens is 3. The van der Waals surface area contributed by atoms with E-state index in [4.69, 9.17) is 0 Å². The van der Waals surface area contributed by atoms with Gasteiger partial charge in [0.25, 0.3) is 0 Å². The number of likely N-dealkylation sites (tertiary alicyclic amines) is 1. The van der Waals surface area contributed by atoms with Crippen molar-refractivity contribution in [1.82, 2.24) is 14.7 Å². The molecule has 2 heterocycles. The molecule has 1 atom stereocenters. The van der Waals surface area contributed by atoms with Crippen LogP contribution in [0.2, 0.25) is 0 Å². The molecule has 1 N–H and O–H groups in total. The molecule has 1 fully saturated rings. The normalized spacial score (nSPS) is 18.0. The van der Waals surface area contributed by atoms with Crippen molar-refractivity contribution in [3.8, 4) is 5.69 Å². The monoisotopic (exact) mass is 408 g/mol. The minimum absolute atomic E-state index is 0.0185. The Labute approximate surface area is 168 Å². The van der Waals surface area contributed by atoms with Crippen LogP contribution < -0.4 is 5.32 Å². The van der Waals surface area contributed by atoms with Crippen molar-refractivity contribution in [1.29, 1.82) is 0 Å². The van der Waals surface area contributed by atoms with E-state index >= 15 is 0 Å². The summed E-state index contributed by atoms with van der Waals surface area (Å²) in [6.45, 7) is 4.86. The van der Waals surface area contributed by atoms with Crippen LogP contribution in [0.5, 0.6) is 0 Å². The Morgan fingerprint density at radius 2 is 1.93 bits per heavy atom. The number of alkyl halides is 3. The van der Waals surface area contributed by atoms with Crippen molar-refractivity contribution in [3.63, 3.8) is 0 Å². The zero-order valence-corrected chi connectivity index (χ0v) is 16.8. The minimum atomic E-state index is -4.15. The van der Waals surface area contributed by atoms with Crippen LogP contribution in [-0.4, -0.2) is 45.9 Å². The third-order valence-electron chi connectivity index (χ3n) is 5.21. The number of rotatable bonds is 6. The zero-order valence-electron chi connectivity index (χ0n) is 16.8. The molecule has 3 rings (SSSR count). The van der Waals surface area contributed by atoms with E-state index in [1.807, 2.05) is 53.8 Å². The van der Waals surface area contributed by atoms with Gasteiger partial charge >= 0.3 is 6.18 Å². The van der Waals surface area contributed by atoms with Gasteiger partial charge in [0.15, 0.2) is 0 Å². The van der Waals surface area contributed by atoms with Gasteiger partial charge in [-0.25, -0.2) is 4.68 Å². The van der Waals surface area contributed by atoms with E-state index in [2.05, 4.69) is 10.4 Å². The molecule has 5 nitrogen and oxygen atoms in total. The highest BCUT2D eigenvalue weighted by Crippen LogP contribution is 2.24. The molecule has 1 amide bonds. The molecule has 1 unspecified atom stereocenters. The minimum Gasteiger partial charge on any atom is -0.325 e. The Morgan fingerprint density at radius 1 is 1.21 bits per heavy atom. The molecule has 2 aromatic rings. The Hall–Kier alpha value is -2.35. The summed E-state index contributed by atoms with van der Waals surface area (Å²) < 4.78 is 39.1. The fraction of sp³-hybridized carbons (Fsp3) is 0.524. The topological polar surface area (TPSA) is 50.2 Å². The van der Waals surface area contributed by atoms with Crippen molar-refractivity contribution in [2.24, 2.45) is 0 Å². The molecule has 29 heavy (non-hydrogen) atoms. The maximum Gasteiger partial charge on any atom is 0.389 e. The van der Waals surface area contributed by atoms with Gasteiger partial charge in [-0.3, -0.25) is 9.69 Å². The largest absolute Gasteiger partial charge is 0.389 e. The molecule has 0 saturated carbocycles. The van der Waals surface area contributed by atoms with Gasteiger partial charge < -0.3 is 5.32 Å². The summed E-state index contributed by atoms with van der Waals surface area (Å²) in [6, 6.07) is 9.02. The summed E-state index contributed by atoms with van der Waals surface area (Å²) in [6.07, 6.45) is -2.46. The summed E-state index contributed by atoms with van der Waals surface area (Å²) in [5.41, 5.74) is 3.53. The predicted octanol–water partition coefficient (Wildman–Crippen LogP) is 4.62. The van der Waals surface area contributed by atoms with Gasteiger partial charge in [-0.15, -0.1) is 0 Å². The quantitative estimate of drug-likeness (QED) is 0.759. The Balaban J connectivity index is 1.61. The van der Waals surface area contributed by atoms with Crippen LogP contribution in [-0.2, 0) is 4.79 Å². The molecule has 0 bridgehead atoms. The van der Waals surface area contributed by atoms with Crippen molar-refractivity contribution in [2.75, 3.05) is 18.4 Å². The lowest BCUT2D eigenvalue weighted by atomic mass is 10.0. The molecule has 1 saturated heterocycles. The number of hydrogen-bond donors (Lipinski definition) is 1. The van der Waals surface area contributed by atoms with Crippen LogP contribution in [0.3, 0.4) is 0 Å². The smallest absolute Gasteiger partial charge is 0.325 e. The highest BCUT2D eigenvalue weighted by molar-refractivity contribution is 5.95. The third kappa shape index (κ3) is 5.82. The SMILES string of the molecule is Cc1cc(C)n(-c2ccc(NC(=O)C3CCCCN3CCCC(F)(F)F)cc2)n1.